The molecule has 1 unspecified atom stereocenters. The van der Waals surface area contributed by atoms with Gasteiger partial charge >= 0.3 is 0 Å². The van der Waals surface area contributed by atoms with Crippen LogP contribution in [0, 0.1) is 6.92 Å². The Morgan fingerprint density at radius 1 is 1.15 bits per heavy atom. The normalized spacial score (nSPS) is 12.2. The van der Waals surface area contributed by atoms with Crippen LogP contribution in [0.5, 0.6) is 0 Å². The molecular weight excluding hydrogens is 338 g/mol. The molecule has 6 heteroatoms. The number of aromatic amines is 2. The maximum Gasteiger partial charge on any atom is 0.231 e. The number of hydrogen-bond acceptors (Lipinski definition) is 3. The Kier molecular flexibility index (Phi) is 4.46. The fraction of sp³-hybridized carbons (Fsp3) is 0.190. The van der Waals surface area contributed by atoms with E-state index in [4.69, 9.17) is 0 Å². The number of amides is 1. The summed E-state index contributed by atoms with van der Waals surface area (Å²) in [4.78, 5) is 12.8. The van der Waals surface area contributed by atoms with Crippen molar-refractivity contribution in [3.8, 4) is 11.1 Å². The van der Waals surface area contributed by atoms with Crippen molar-refractivity contribution < 1.29 is 4.79 Å². The fourth-order valence-corrected chi connectivity index (χ4v) is 3.34. The van der Waals surface area contributed by atoms with Crippen molar-refractivity contribution in [2.45, 2.75) is 26.2 Å². The van der Waals surface area contributed by atoms with Crippen molar-refractivity contribution in [2.75, 3.05) is 5.32 Å². The first kappa shape index (κ1) is 17.0. The third-order valence-electron chi connectivity index (χ3n) is 4.88. The van der Waals surface area contributed by atoms with E-state index in [0.717, 1.165) is 39.0 Å². The second kappa shape index (κ2) is 7.07. The minimum Gasteiger partial charge on any atom is -0.326 e. The Labute approximate surface area is 157 Å². The van der Waals surface area contributed by atoms with E-state index in [-0.39, 0.29) is 11.8 Å². The molecule has 27 heavy (non-hydrogen) atoms. The predicted molar refractivity (Wildman–Crippen MR) is 107 cm³/mol. The SMILES string of the molecule is CCC(C(=O)Nc1ccc(-c2cn[nH]c2)cc1)c1ccc2c(C)[nH]nc2c1. The number of aromatic nitrogens is 4. The van der Waals surface area contributed by atoms with Crippen LogP contribution < -0.4 is 5.32 Å². The van der Waals surface area contributed by atoms with E-state index < -0.39 is 0 Å². The van der Waals surface area contributed by atoms with Gasteiger partial charge in [-0.3, -0.25) is 15.0 Å². The number of aryl methyl sites for hydroxylation is 1. The number of H-pyrrole nitrogens is 2. The molecule has 1 amide bonds. The van der Waals surface area contributed by atoms with E-state index in [2.05, 4.69) is 25.7 Å². The summed E-state index contributed by atoms with van der Waals surface area (Å²) in [6.07, 6.45) is 4.33. The van der Waals surface area contributed by atoms with Gasteiger partial charge in [0.05, 0.1) is 17.6 Å². The molecule has 0 bridgehead atoms. The molecule has 0 radical (unpaired) electrons. The summed E-state index contributed by atoms with van der Waals surface area (Å²) in [6.45, 7) is 4.01. The van der Waals surface area contributed by atoms with E-state index in [1.165, 1.54) is 0 Å². The second-order valence-corrected chi connectivity index (χ2v) is 6.64. The minimum absolute atomic E-state index is 0.0137. The quantitative estimate of drug-likeness (QED) is 0.494. The number of carbonyl (C=O) groups excluding carboxylic acids is 1. The van der Waals surface area contributed by atoms with Crippen LogP contribution in [0.2, 0.25) is 0 Å². The highest BCUT2D eigenvalue weighted by Crippen LogP contribution is 2.26. The molecule has 0 aliphatic rings. The Morgan fingerprint density at radius 2 is 1.96 bits per heavy atom. The summed E-state index contributed by atoms with van der Waals surface area (Å²) < 4.78 is 0. The molecule has 0 saturated heterocycles. The molecule has 0 spiro atoms. The molecule has 2 aromatic heterocycles. The third-order valence-corrected chi connectivity index (χ3v) is 4.88. The standard InChI is InChI=1S/C21H21N5O/c1-3-18(15-6-9-19-13(2)25-26-20(19)10-15)21(27)24-17-7-4-14(5-8-17)16-11-22-23-12-16/h4-12,18H,3H2,1-2H3,(H,22,23)(H,24,27)(H,25,26). The van der Waals surface area contributed by atoms with Crippen molar-refractivity contribution in [2.24, 2.45) is 0 Å². The van der Waals surface area contributed by atoms with Crippen molar-refractivity contribution in [3.05, 3.63) is 66.1 Å². The van der Waals surface area contributed by atoms with Gasteiger partial charge in [-0.2, -0.15) is 10.2 Å². The van der Waals surface area contributed by atoms with Crippen molar-refractivity contribution in [1.29, 1.82) is 0 Å². The van der Waals surface area contributed by atoms with Crippen LogP contribution in [0.1, 0.15) is 30.5 Å². The monoisotopic (exact) mass is 359 g/mol. The number of hydrogen-bond donors (Lipinski definition) is 3. The van der Waals surface area contributed by atoms with Crippen LogP contribution >= 0.6 is 0 Å². The van der Waals surface area contributed by atoms with Gasteiger partial charge in [0.2, 0.25) is 5.91 Å². The maximum absolute atomic E-state index is 12.8. The first-order valence-corrected chi connectivity index (χ1v) is 9.00. The van der Waals surface area contributed by atoms with E-state index in [9.17, 15) is 4.79 Å². The lowest BCUT2D eigenvalue weighted by Gasteiger charge is -2.16. The zero-order valence-electron chi connectivity index (χ0n) is 15.3. The van der Waals surface area contributed by atoms with Crippen molar-refractivity contribution in [1.82, 2.24) is 20.4 Å². The van der Waals surface area contributed by atoms with Gasteiger partial charge in [0.15, 0.2) is 0 Å². The van der Waals surface area contributed by atoms with Gasteiger partial charge in [0.25, 0.3) is 0 Å². The minimum atomic E-state index is -0.222. The topological polar surface area (TPSA) is 86.5 Å². The van der Waals surface area contributed by atoms with Crippen LogP contribution in [-0.4, -0.2) is 26.3 Å². The predicted octanol–water partition coefficient (Wildman–Crippen LogP) is 4.39. The molecule has 2 heterocycles. The van der Waals surface area contributed by atoms with Gasteiger partial charge in [0.1, 0.15) is 0 Å². The average Bonchev–Trinajstić information content (AvgIpc) is 3.33. The van der Waals surface area contributed by atoms with Crippen LogP contribution in [0.15, 0.2) is 54.9 Å². The summed E-state index contributed by atoms with van der Waals surface area (Å²) in [5, 5.41) is 18.2. The van der Waals surface area contributed by atoms with E-state index in [1.807, 2.05) is 62.5 Å². The second-order valence-electron chi connectivity index (χ2n) is 6.64. The molecule has 0 saturated carbocycles. The van der Waals surface area contributed by atoms with Crippen molar-refractivity contribution >= 4 is 22.5 Å². The highest BCUT2D eigenvalue weighted by atomic mass is 16.1. The molecule has 0 aliphatic carbocycles. The zero-order chi connectivity index (χ0) is 18.8. The fourth-order valence-electron chi connectivity index (χ4n) is 3.34. The number of benzene rings is 2. The Balaban J connectivity index is 1.52. The van der Waals surface area contributed by atoms with Gasteiger partial charge in [-0.15, -0.1) is 0 Å². The van der Waals surface area contributed by atoms with Crippen LogP contribution in [0.25, 0.3) is 22.0 Å². The molecule has 3 N–H and O–H groups in total. The lowest BCUT2D eigenvalue weighted by Crippen LogP contribution is -2.20. The van der Waals surface area contributed by atoms with Crippen molar-refractivity contribution in [3.63, 3.8) is 0 Å². The van der Waals surface area contributed by atoms with E-state index >= 15 is 0 Å². The molecular formula is C21H21N5O. The summed E-state index contributed by atoms with van der Waals surface area (Å²) in [7, 11) is 0. The number of carbonyl (C=O) groups is 1. The van der Waals surface area contributed by atoms with Crippen LogP contribution in [0.3, 0.4) is 0 Å². The third kappa shape index (κ3) is 3.33. The number of anilines is 1. The molecule has 6 nitrogen and oxygen atoms in total. The maximum atomic E-state index is 12.8. The Hall–Kier alpha value is -3.41. The van der Waals surface area contributed by atoms with Gasteiger partial charge < -0.3 is 5.32 Å². The first-order valence-electron chi connectivity index (χ1n) is 9.00. The van der Waals surface area contributed by atoms with Gasteiger partial charge in [-0.25, -0.2) is 0 Å². The first-order chi connectivity index (χ1) is 13.2. The summed E-state index contributed by atoms with van der Waals surface area (Å²) in [6, 6.07) is 13.8. The molecule has 2 aromatic carbocycles. The molecule has 4 aromatic rings. The van der Waals surface area contributed by atoms with E-state index in [1.54, 1.807) is 6.20 Å². The number of rotatable bonds is 5. The molecule has 1 atom stereocenters. The average molecular weight is 359 g/mol. The molecule has 0 aliphatic heterocycles. The van der Waals surface area contributed by atoms with Gasteiger partial charge in [0, 0.05) is 28.5 Å². The summed E-state index contributed by atoms with van der Waals surface area (Å²) in [5.41, 5.74) is 5.74. The molecule has 136 valence electrons. The highest BCUT2D eigenvalue weighted by molar-refractivity contribution is 5.96. The summed E-state index contributed by atoms with van der Waals surface area (Å²) in [5.74, 6) is -0.236. The lowest BCUT2D eigenvalue weighted by atomic mass is 9.94. The lowest BCUT2D eigenvalue weighted by molar-refractivity contribution is -0.117. The molecule has 4 rings (SSSR count). The Bertz CT molecular complexity index is 1060. The Morgan fingerprint density at radius 3 is 2.67 bits per heavy atom. The highest BCUT2D eigenvalue weighted by Gasteiger charge is 2.20. The van der Waals surface area contributed by atoms with Crippen LogP contribution in [0.4, 0.5) is 5.69 Å². The van der Waals surface area contributed by atoms with Gasteiger partial charge in [-0.1, -0.05) is 31.2 Å². The smallest absolute Gasteiger partial charge is 0.231 e. The number of nitrogens with zero attached hydrogens (tertiary/aromatic N) is 2. The zero-order valence-corrected chi connectivity index (χ0v) is 15.3. The van der Waals surface area contributed by atoms with Gasteiger partial charge in [-0.05, 0) is 42.7 Å². The summed E-state index contributed by atoms with van der Waals surface area (Å²) >= 11 is 0. The van der Waals surface area contributed by atoms with E-state index in [0.29, 0.717) is 6.42 Å². The largest absolute Gasteiger partial charge is 0.326 e. The number of fused-ring (bicyclic) bond motifs is 1. The van der Waals surface area contributed by atoms with Crippen LogP contribution in [-0.2, 0) is 4.79 Å². The molecule has 0 fully saturated rings. The number of nitrogens with one attached hydrogen (secondary N) is 3.